The number of benzene rings is 1. The minimum absolute atomic E-state index is 0.0601. The van der Waals surface area contributed by atoms with Crippen molar-refractivity contribution in [1.82, 2.24) is 15.1 Å². The van der Waals surface area contributed by atoms with E-state index < -0.39 is 5.60 Å². The van der Waals surface area contributed by atoms with Crippen LogP contribution in [-0.2, 0) is 9.53 Å². The van der Waals surface area contributed by atoms with Crippen molar-refractivity contribution in [2.45, 2.75) is 45.3 Å². The van der Waals surface area contributed by atoms with Gasteiger partial charge < -0.3 is 19.9 Å². The molecule has 0 spiro atoms. The van der Waals surface area contributed by atoms with Crippen LogP contribution >= 0.6 is 0 Å². The highest BCUT2D eigenvalue weighted by Gasteiger charge is 2.31. The van der Waals surface area contributed by atoms with Crippen molar-refractivity contribution >= 4 is 12.0 Å². The monoisotopic (exact) mass is 393 g/mol. The number of rotatable bonds is 5. The van der Waals surface area contributed by atoms with Crippen LogP contribution in [0.3, 0.4) is 0 Å². The van der Waals surface area contributed by atoms with Gasteiger partial charge in [0, 0.05) is 19.6 Å². The molecule has 6 nitrogen and oxygen atoms in total. The molecule has 1 aliphatic heterocycles. The smallest absolute Gasteiger partial charge is 0.410 e. The molecule has 1 heterocycles. The van der Waals surface area contributed by atoms with Gasteiger partial charge in [-0.3, -0.25) is 4.79 Å². The van der Waals surface area contributed by atoms with Gasteiger partial charge in [0.15, 0.2) is 0 Å². The van der Waals surface area contributed by atoms with Crippen LogP contribution in [0, 0.1) is 11.7 Å². The predicted octanol–water partition coefficient (Wildman–Crippen LogP) is 3.19. The van der Waals surface area contributed by atoms with Gasteiger partial charge in [-0.1, -0.05) is 12.1 Å². The van der Waals surface area contributed by atoms with Crippen molar-refractivity contribution in [2.75, 3.05) is 33.7 Å². The molecule has 0 saturated carbocycles. The van der Waals surface area contributed by atoms with E-state index in [1.54, 1.807) is 17.0 Å². The Bertz CT molecular complexity index is 670. The molecule has 156 valence electrons. The third kappa shape index (κ3) is 6.48. The van der Waals surface area contributed by atoms with E-state index in [9.17, 15) is 14.0 Å². The van der Waals surface area contributed by atoms with Crippen LogP contribution in [0.1, 0.15) is 45.2 Å². The summed E-state index contributed by atoms with van der Waals surface area (Å²) in [4.78, 5) is 28.6. The van der Waals surface area contributed by atoms with Crippen LogP contribution in [0.25, 0.3) is 0 Å². The lowest BCUT2D eigenvalue weighted by Gasteiger charge is -2.34. The molecule has 0 aliphatic carbocycles. The SMILES string of the molecule is CN(C)C(CNC(=O)C1CCCN(C(=O)OC(C)(C)C)C1)c1ccc(F)cc1. The number of piperidine rings is 1. The van der Waals surface area contributed by atoms with Crippen molar-refractivity contribution in [3.63, 3.8) is 0 Å². The quantitative estimate of drug-likeness (QED) is 0.835. The molecular weight excluding hydrogens is 361 g/mol. The van der Waals surface area contributed by atoms with Gasteiger partial charge in [-0.05, 0) is 65.4 Å². The second-order valence-corrected chi connectivity index (χ2v) is 8.54. The van der Waals surface area contributed by atoms with E-state index in [0.717, 1.165) is 18.4 Å². The Kier molecular flexibility index (Phi) is 7.41. The summed E-state index contributed by atoms with van der Waals surface area (Å²) in [6.45, 7) is 6.88. The number of likely N-dealkylation sites (N-methyl/N-ethyl adjacent to an activating group) is 1. The molecule has 7 heteroatoms. The molecule has 2 unspecified atom stereocenters. The Morgan fingerprint density at radius 2 is 1.93 bits per heavy atom. The Hall–Kier alpha value is -2.15. The molecule has 2 amide bonds. The zero-order valence-electron chi connectivity index (χ0n) is 17.5. The Labute approximate surface area is 167 Å². The van der Waals surface area contributed by atoms with Gasteiger partial charge in [0.2, 0.25) is 5.91 Å². The molecular formula is C21H32FN3O3. The first-order chi connectivity index (χ1) is 13.1. The largest absolute Gasteiger partial charge is 0.444 e. The topological polar surface area (TPSA) is 61.9 Å². The number of nitrogens with zero attached hydrogens (tertiary/aromatic N) is 2. The Balaban J connectivity index is 1.93. The van der Waals surface area contributed by atoms with Gasteiger partial charge >= 0.3 is 6.09 Å². The summed E-state index contributed by atoms with van der Waals surface area (Å²) in [5.41, 5.74) is 0.381. The highest BCUT2D eigenvalue weighted by molar-refractivity contribution is 5.80. The van der Waals surface area contributed by atoms with Crippen molar-refractivity contribution in [1.29, 1.82) is 0 Å². The second-order valence-electron chi connectivity index (χ2n) is 8.54. The molecule has 0 bridgehead atoms. The van der Waals surface area contributed by atoms with Gasteiger partial charge in [-0.2, -0.15) is 0 Å². The van der Waals surface area contributed by atoms with E-state index in [2.05, 4.69) is 5.32 Å². The highest BCUT2D eigenvalue weighted by Crippen LogP contribution is 2.21. The van der Waals surface area contributed by atoms with Crippen LogP contribution in [-0.4, -0.2) is 61.1 Å². The molecule has 0 aromatic heterocycles. The molecule has 1 aromatic carbocycles. The number of hydrogen-bond donors (Lipinski definition) is 1. The fourth-order valence-electron chi connectivity index (χ4n) is 3.31. The highest BCUT2D eigenvalue weighted by atomic mass is 19.1. The molecule has 2 rings (SSSR count). The third-order valence-electron chi connectivity index (χ3n) is 4.79. The second kappa shape index (κ2) is 9.37. The maximum absolute atomic E-state index is 13.2. The maximum Gasteiger partial charge on any atom is 0.410 e. The van der Waals surface area contributed by atoms with Gasteiger partial charge in [0.25, 0.3) is 0 Å². The summed E-state index contributed by atoms with van der Waals surface area (Å²) in [7, 11) is 3.84. The zero-order valence-corrected chi connectivity index (χ0v) is 17.5. The van der Waals surface area contributed by atoms with Crippen molar-refractivity contribution in [3.05, 3.63) is 35.6 Å². The van der Waals surface area contributed by atoms with Crippen molar-refractivity contribution < 1.29 is 18.7 Å². The first-order valence-electron chi connectivity index (χ1n) is 9.74. The average Bonchev–Trinajstić information content (AvgIpc) is 2.61. The fraction of sp³-hybridized carbons (Fsp3) is 0.619. The number of amides is 2. The van der Waals surface area contributed by atoms with Gasteiger partial charge in [-0.25, -0.2) is 9.18 Å². The summed E-state index contributed by atoms with van der Waals surface area (Å²) in [6.07, 6.45) is 1.14. The fourth-order valence-corrected chi connectivity index (χ4v) is 3.31. The molecule has 2 atom stereocenters. The van der Waals surface area contributed by atoms with E-state index in [4.69, 9.17) is 4.74 Å². The lowest BCUT2D eigenvalue weighted by atomic mass is 9.97. The normalized spacial score (nSPS) is 18.7. The molecule has 1 N–H and O–H groups in total. The summed E-state index contributed by atoms with van der Waals surface area (Å²) in [5, 5.41) is 3.00. The van der Waals surface area contributed by atoms with E-state index in [-0.39, 0.29) is 29.8 Å². The summed E-state index contributed by atoms with van der Waals surface area (Å²) in [5.74, 6) is -0.603. The standard InChI is InChI=1S/C21H32FN3O3/c1-21(2,3)28-20(27)25-12-6-7-16(14-25)19(26)23-13-18(24(4)5)15-8-10-17(22)11-9-15/h8-11,16,18H,6-7,12-14H2,1-5H3,(H,23,26). The summed E-state index contributed by atoms with van der Waals surface area (Å²) >= 11 is 0. The third-order valence-corrected chi connectivity index (χ3v) is 4.79. The Morgan fingerprint density at radius 3 is 2.50 bits per heavy atom. The Morgan fingerprint density at radius 1 is 1.29 bits per heavy atom. The summed E-state index contributed by atoms with van der Waals surface area (Å²) in [6, 6.07) is 6.25. The van der Waals surface area contributed by atoms with Gasteiger partial charge in [0.05, 0.1) is 12.0 Å². The molecule has 0 radical (unpaired) electrons. The van der Waals surface area contributed by atoms with Crippen LogP contribution in [0.15, 0.2) is 24.3 Å². The number of carbonyl (C=O) groups excluding carboxylic acids is 2. The number of nitrogens with one attached hydrogen (secondary N) is 1. The summed E-state index contributed by atoms with van der Waals surface area (Å²) < 4.78 is 18.6. The molecule has 28 heavy (non-hydrogen) atoms. The molecule has 1 aromatic rings. The van der Waals surface area contributed by atoms with Gasteiger partial charge in [0.1, 0.15) is 11.4 Å². The average molecular weight is 394 g/mol. The van der Waals surface area contributed by atoms with E-state index in [0.29, 0.717) is 19.6 Å². The lowest BCUT2D eigenvalue weighted by Crippen LogP contribution is -2.47. The van der Waals surface area contributed by atoms with Crippen LogP contribution < -0.4 is 5.32 Å². The van der Waals surface area contributed by atoms with E-state index >= 15 is 0 Å². The molecule has 1 saturated heterocycles. The predicted molar refractivity (Wildman–Crippen MR) is 106 cm³/mol. The minimum atomic E-state index is -0.555. The number of halogens is 1. The maximum atomic E-state index is 13.2. The van der Waals surface area contributed by atoms with Crippen LogP contribution in [0.5, 0.6) is 0 Å². The van der Waals surface area contributed by atoms with Crippen molar-refractivity contribution in [3.8, 4) is 0 Å². The minimum Gasteiger partial charge on any atom is -0.444 e. The molecule has 1 fully saturated rings. The van der Waals surface area contributed by atoms with Gasteiger partial charge in [-0.15, -0.1) is 0 Å². The van der Waals surface area contributed by atoms with E-state index in [1.165, 1.54) is 12.1 Å². The number of hydrogen-bond acceptors (Lipinski definition) is 4. The lowest BCUT2D eigenvalue weighted by molar-refractivity contribution is -0.126. The van der Waals surface area contributed by atoms with E-state index in [1.807, 2.05) is 39.8 Å². The first-order valence-corrected chi connectivity index (χ1v) is 9.74. The number of carbonyl (C=O) groups is 2. The first kappa shape index (κ1) is 22.1. The van der Waals surface area contributed by atoms with Crippen LogP contribution in [0.4, 0.5) is 9.18 Å². The number of ether oxygens (including phenoxy) is 1. The van der Waals surface area contributed by atoms with Crippen molar-refractivity contribution in [2.24, 2.45) is 5.92 Å². The number of likely N-dealkylation sites (tertiary alicyclic amines) is 1. The molecule has 1 aliphatic rings. The van der Waals surface area contributed by atoms with Crippen LogP contribution in [0.2, 0.25) is 0 Å². The zero-order chi connectivity index (χ0) is 20.9.